The highest BCUT2D eigenvalue weighted by Crippen LogP contribution is 2.36. The van der Waals surface area contributed by atoms with Crippen molar-refractivity contribution in [1.82, 2.24) is 10.2 Å². The maximum absolute atomic E-state index is 12.8. The minimum Gasteiger partial charge on any atom is -0.338 e. The molecule has 1 aromatic carbocycles. The van der Waals surface area contributed by atoms with E-state index in [0.717, 1.165) is 43.7 Å². The lowest BCUT2D eigenvalue weighted by atomic mass is 9.74. The van der Waals surface area contributed by atoms with E-state index in [0.29, 0.717) is 5.41 Å². The van der Waals surface area contributed by atoms with Gasteiger partial charge in [-0.25, -0.2) is 0 Å². The first-order chi connectivity index (χ1) is 9.70. The molecular weight excluding hydrogens is 248 g/mol. The third-order valence-corrected chi connectivity index (χ3v) is 4.88. The van der Waals surface area contributed by atoms with Crippen molar-refractivity contribution in [1.29, 1.82) is 0 Å². The standard InChI is InChI=1S/C17H24N2O/c1-14-6-2-3-7-15(14)16(20)19-11-5-9-17(13-19)8-4-10-18-12-17/h2-3,6-7,18H,4-5,8-13H2,1H3/t17-/m1/s1. The molecule has 3 nitrogen and oxygen atoms in total. The molecule has 2 aliphatic rings. The van der Waals surface area contributed by atoms with Crippen LogP contribution in [0.2, 0.25) is 0 Å². The van der Waals surface area contributed by atoms with Crippen LogP contribution < -0.4 is 5.32 Å². The molecule has 2 saturated heterocycles. The summed E-state index contributed by atoms with van der Waals surface area (Å²) in [6, 6.07) is 7.93. The highest BCUT2D eigenvalue weighted by atomic mass is 16.2. The van der Waals surface area contributed by atoms with E-state index < -0.39 is 0 Å². The van der Waals surface area contributed by atoms with Gasteiger partial charge in [0.25, 0.3) is 5.91 Å². The van der Waals surface area contributed by atoms with E-state index in [1.54, 1.807) is 0 Å². The lowest BCUT2D eigenvalue weighted by Gasteiger charge is -2.45. The van der Waals surface area contributed by atoms with Gasteiger partial charge in [0.15, 0.2) is 0 Å². The molecule has 3 heteroatoms. The molecule has 3 rings (SSSR count). The zero-order valence-electron chi connectivity index (χ0n) is 12.3. The molecule has 1 atom stereocenters. The molecule has 2 fully saturated rings. The SMILES string of the molecule is Cc1ccccc1C(=O)N1CCC[C@@]2(CCCNC2)C1. The van der Waals surface area contributed by atoms with Crippen LogP contribution in [-0.4, -0.2) is 37.0 Å². The molecular formula is C17H24N2O. The Hall–Kier alpha value is -1.35. The first-order valence-corrected chi connectivity index (χ1v) is 7.76. The summed E-state index contributed by atoms with van der Waals surface area (Å²) in [4.78, 5) is 14.8. The van der Waals surface area contributed by atoms with Crippen molar-refractivity contribution in [3.8, 4) is 0 Å². The van der Waals surface area contributed by atoms with Gasteiger partial charge in [-0.1, -0.05) is 18.2 Å². The monoisotopic (exact) mass is 272 g/mol. The Morgan fingerprint density at radius 3 is 2.80 bits per heavy atom. The van der Waals surface area contributed by atoms with Crippen molar-refractivity contribution >= 4 is 5.91 Å². The first kappa shape index (κ1) is 13.6. The van der Waals surface area contributed by atoms with Crippen LogP contribution in [0.4, 0.5) is 0 Å². The minimum atomic E-state index is 0.216. The number of likely N-dealkylation sites (tertiary alicyclic amines) is 1. The minimum absolute atomic E-state index is 0.216. The second-order valence-corrected chi connectivity index (χ2v) is 6.43. The van der Waals surface area contributed by atoms with Crippen LogP contribution in [0.3, 0.4) is 0 Å². The number of rotatable bonds is 1. The average molecular weight is 272 g/mol. The number of nitrogens with one attached hydrogen (secondary N) is 1. The van der Waals surface area contributed by atoms with Gasteiger partial charge in [-0.2, -0.15) is 0 Å². The molecule has 0 radical (unpaired) electrons. The largest absolute Gasteiger partial charge is 0.338 e. The summed E-state index contributed by atoms with van der Waals surface area (Å²) in [6.07, 6.45) is 4.90. The Morgan fingerprint density at radius 2 is 2.05 bits per heavy atom. The summed E-state index contributed by atoms with van der Waals surface area (Å²) < 4.78 is 0. The van der Waals surface area contributed by atoms with Crippen molar-refractivity contribution < 1.29 is 4.79 Å². The van der Waals surface area contributed by atoms with Crippen molar-refractivity contribution in [3.05, 3.63) is 35.4 Å². The number of carbonyl (C=O) groups is 1. The summed E-state index contributed by atoms with van der Waals surface area (Å²) in [5, 5.41) is 3.52. The highest BCUT2D eigenvalue weighted by Gasteiger charge is 2.38. The van der Waals surface area contributed by atoms with Gasteiger partial charge >= 0.3 is 0 Å². The number of piperidine rings is 2. The van der Waals surface area contributed by atoms with E-state index in [9.17, 15) is 4.79 Å². The van der Waals surface area contributed by atoms with E-state index in [4.69, 9.17) is 0 Å². The van der Waals surface area contributed by atoms with Crippen molar-refractivity contribution in [3.63, 3.8) is 0 Å². The summed E-state index contributed by atoms with van der Waals surface area (Å²) in [5.74, 6) is 0.216. The molecule has 2 aliphatic heterocycles. The lowest BCUT2D eigenvalue weighted by molar-refractivity contribution is 0.0433. The van der Waals surface area contributed by atoms with Gasteiger partial charge in [0.05, 0.1) is 0 Å². The first-order valence-electron chi connectivity index (χ1n) is 7.76. The fourth-order valence-electron chi connectivity index (χ4n) is 3.74. The van der Waals surface area contributed by atoms with Crippen molar-refractivity contribution in [2.24, 2.45) is 5.41 Å². The smallest absolute Gasteiger partial charge is 0.254 e. The normalized spacial score (nSPS) is 26.8. The molecule has 1 aromatic rings. The maximum Gasteiger partial charge on any atom is 0.254 e. The third kappa shape index (κ3) is 2.59. The highest BCUT2D eigenvalue weighted by molar-refractivity contribution is 5.95. The number of benzene rings is 1. The Kier molecular flexibility index (Phi) is 3.79. The van der Waals surface area contributed by atoms with Crippen LogP contribution in [0, 0.1) is 12.3 Å². The zero-order valence-corrected chi connectivity index (χ0v) is 12.3. The molecule has 0 unspecified atom stereocenters. The fourth-order valence-corrected chi connectivity index (χ4v) is 3.74. The number of nitrogens with zero attached hydrogens (tertiary/aromatic N) is 1. The van der Waals surface area contributed by atoms with Gasteiger partial charge in [0.2, 0.25) is 0 Å². The van der Waals surface area contributed by atoms with Crippen LogP contribution in [0.15, 0.2) is 24.3 Å². The number of hydrogen-bond donors (Lipinski definition) is 1. The lowest BCUT2D eigenvalue weighted by Crippen LogP contribution is -2.52. The predicted molar refractivity (Wildman–Crippen MR) is 80.9 cm³/mol. The van der Waals surface area contributed by atoms with Gasteiger partial charge in [0.1, 0.15) is 0 Å². The molecule has 0 aromatic heterocycles. The summed E-state index contributed by atoms with van der Waals surface area (Å²) in [5.41, 5.74) is 2.28. The van der Waals surface area contributed by atoms with E-state index >= 15 is 0 Å². The van der Waals surface area contributed by atoms with Crippen LogP contribution in [0.5, 0.6) is 0 Å². The number of hydrogen-bond acceptors (Lipinski definition) is 2. The van der Waals surface area contributed by atoms with Crippen LogP contribution >= 0.6 is 0 Å². The molecule has 0 aliphatic carbocycles. The Balaban J connectivity index is 1.77. The van der Waals surface area contributed by atoms with E-state index in [1.165, 1.54) is 19.3 Å². The quantitative estimate of drug-likeness (QED) is 0.852. The van der Waals surface area contributed by atoms with Crippen LogP contribution in [-0.2, 0) is 0 Å². The zero-order chi connectivity index (χ0) is 14.0. The summed E-state index contributed by atoms with van der Waals surface area (Å²) in [6.45, 7) is 6.06. The van der Waals surface area contributed by atoms with Gasteiger partial charge < -0.3 is 10.2 Å². The third-order valence-electron chi connectivity index (χ3n) is 4.88. The van der Waals surface area contributed by atoms with Crippen molar-refractivity contribution in [2.75, 3.05) is 26.2 Å². The molecule has 108 valence electrons. The molecule has 2 heterocycles. The van der Waals surface area contributed by atoms with Crippen LogP contribution in [0.1, 0.15) is 41.6 Å². The van der Waals surface area contributed by atoms with Gasteiger partial charge in [0, 0.05) is 30.6 Å². The van der Waals surface area contributed by atoms with E-state index in [1.807, 2.05) is 31.2 Å². The topological polar surface area (TPSA) is 32.3 Å². The van der Waals surface area contributed by atoms with Gasteiger partial charge in [-0.15, -0.1) is 0 Å². The Morgan fingerprint density at radius 1 is 1.25 bits per heavy atom. The number of aryl methyl sites for hydroxylation is 1. The molecule has 0 saturated carbocycles. The second kappa shape index (κ2) is 5.57. The summed E-state index contributed by atoms with van der Waals surface area (Å²) >= 11 is 0. The maximum atomic E-state index is 12.8. The molecule has 1 amide bonds. The molecule has 0 bridgehead atoms. The summed E-state index contributed by atoms with van der Waals surface area (Å²) in [7, 11) is 0. The average Bonchev–Trinajstić information content (AvgIpc) is 2.48. The Bertz CT molecular complexity index is 486. The second-order valence-electron chi connectivity index (χ2n) is 6.43. The molecule has 1 spiro atoms. The molecule has 1 N–H and O–H groups in total. The fraction of sp³-hybridized carbons (Fsp3) is 0.588. The Labute approximate surface area is 121 Å². The van der Waals surface area contributed by atoms with Crippen LogP contribution in [0.25, 0.3) is 0 Å². The van der Waals surface area contributed by atoms with E-state index in [-0.39, 0.29) is 5.91 Å². The molecule has 20 heavy (non-hydrogen) atoms. The van der Waals surface area contributed by atoms with Gasteiger partial charge in [-0.3, -0.25) is 4.79 Å². The predicted octanol–water partition coefficient (Wildman–Crippen LogP) is 2.60. The van der Waals surface area contributed by atoms with Gasteiger partial charge in [-0.05, 0) is 50.8 Å². The van der Waals surface area contributed by atoms with E-state index in [2.05, 4.69) is 10.2 Å². The van der Waals surface area contributed by atoms with Crippen molar-refractivity contribution in [2.45, 2.75) is 32.6 Å². The number of carbonyl (C=O) groups excluding carboxylic acids is 1. The number of amides is 1.